The van der Waals surface area contributed by atoms with E-state index in [1.54, 1.807) is 19.0 Å². The minimum atomic E-state index is 0.134. The van der Waals surface area contributed by atoms with E-state index in [2.05, 4.69) is 4.90 Å². The Bertz CT molecular complexity index is 233. The maximum atomic E-state index is 11.6. The van der Waals surface area contributed by atoms with Gasteiger partial charge in [0.15, 0.2) is 0 Å². The van der Waals surface area contributed by atoms with Gasteiger partial charge in [-0.15, -0.1) is 0 Å². The number of hydrogen-bond acceptors (Lipinski definition) is 4. The van der Waals surface area contributed by atoms with Crippen LogP contribution in [0, 0.1) is 0 Å². The fourth-order valence-corrected chi connectivity index (χ4v) is 1.92. The van der Waals surface area contributed by atoms with Crippen LogP contribution in [0.3, 0.4) is 0 Å². The molecular weight excluding hydrogens is 206 g/mol. The molecule has 0 aromatic heterocycles. The minimum Gasteiger partial charge on any atom is -0.376 e. The van der Waals surface area contributed by atoms with Gasteiger partial charge in [0.1, 0.15) is 0 Å². The SMILES string of the molecule is CC1CN(C(CN)CC(=O)N(C)C)CCO1. The third-order valence-corrected chi connectivity index (χ3v) is 2.97. The molecule has 0 aliphatic carbocycles. The highest BCUT2D eigenvalue weighted by Crippen LogP contribution is 2.11. The van der Waals surface area contributed by atoms with Gasteiger partial charge in [-0.05, 0) is 6.92 Å². The Labute approximate surface area is 97.5 Å². The van der Waals surface area contributed by atoms with Crippen molar-refractivity contribution in [2.45, 2.75) is 25.5 Å². The summed E-state index contributed by atoms with van der Waals surface area (Å²) in [7, 11) is 3.55. The highest BCUT2D eigenvalue weighted by Gasteiger charge is 2.25. The van der Waals surface area contributed by atoms with Gasteiger partial charge in [0, 0.05) is 46.2 Å². The standard InChI is InChI=1S/C11H23N3O2/c1-9-8-14(4-5-16-9)10(7-12)6-11(15)13(2)3/h9-10H,4-8,12H2,1-3H3. The van der Waals surface area contributed by atoms with Crippen LogP contribution in [-0.4, -0.2) is 68.2 Å². The second kappa shape index (κ2) is 6.18. The van der Waals surface area contributed by atoms with Crippen LogP contribution in [0.5, 0.6) is 0 Å². The lowest BCUT2D eigenvalue weighted by Crippen LogP contribution is -2.51. The van der Waals surface area contributed by atoms with Gasteiger partial charge in [0.05, 0.1) is 12.7 Å². The van der Waals surface area contributed by atoms with Crippen LogP contribution in [0.1, 0.15) is 13.3 Å². The van der Waals surface area contributed by atoms with Crippen LogP contribution >= 0.6 is 0 Å². The average molecular weight is 229 g/mol. The Balaban J connectivity index is 2.49. The summed E-state index contributed by atoms with van der Waals surface area (Å²) in [6.07, 6.45) is 0.730. The molecule has 2 N–H and O–H groups in total. The zero-order valence-corrected chi connectivity index (χ0v) is 10.5. The van der Waals surface area contributed by atoms with Gasteiger partial charge >= 0.3 is 0 Å². The van der Waals surface area contributed by atoms with Crippen molar-refractivity contribution >= 4 is 5.91 Å². The van der Waals surface area contributed by atoms with Crippen molar-refractivity contribution in [3.05, 3.63) is 0 Å². The van der Waals surface area contributed by atoms with Gasteiger partial charge in [0.2, 0.25) is 5.91 Å². The molecule has 1 rings (SSSR count). The van der Waals surface area contributed by atoms with E-state index in [4.69, 9.17) is 10.5 Å². The molecule has 5 nitrogen and oxygen atoms in total. The minimum absolute atomic E-state index is 0.134. The molecule has 94 valence electrons. The fourth-order valence-electron chi connectivity index (χ4n) is 1.92. The van der Waals surface area contributed by atoms with Crippen LogP contribution in [0.25, 0.3) is 0 Å². The third-order valence-electron chi connectivity index (χ3n) is 2.97. The number of nitrogens with zero attached hydrogens (tertiary/aromatic N) is 2. The fraction of sp³-hybridized carbons (Fsp3) is 0.909. The van der Waals surface area contributed by atoms with E-state index in [0.717, 1.165) is 19.7 Å². The molecule has 16 heavy (non-hydrogen) atoms. The molecule has 1 aliphatic rings. The van der Waals surface area contributed by atoms with E-state index in [0.29, 0.717) is 13.0 Å². The molecule has 1 heterocycles. The second-order valence-corrected chi connectivity index (χ2v) is 4.56. The largest absolute Gasteiger partial charge is 0.376 e. The maximum Gasteiger partial charge on any atom is 0.223 e. The van der Waals surface area contributed by atoms with E-state index in [9.17, 15) is 4.79 Å². The lowest BCUT2D eigenvalue weighted by Gasteiger charge is -2.36. The zero-order chi connectivity index (χ0) is 12.1. The van der Waals surface area contributed by atoms with Crippen LogP contribution in [0.2, 0.25) is 0 Å². The van der Waals surface area contributed by atoms with Crippen LogP contribution in [0.15, 0.2) is 0 Å². The molecule has 2 atom stereocenters. The van der Waals surface area contributed by atoms with E-state index < -0.39 is 0 Å². The van der Waals surface area contributed by atoms with E-state index in [1.165, 1.54) is 0 Å². The van der Waals surface area contributed by atoms with Crippen molar-refractivity contribution in [1.29, 1.82) is 0 Å². The van der Waals surface area contributed by atoms with Crippen molar-refractivity contribution in [1.82, 2.24) is 9.80 Å². The molecule has 1 amide bonds. The number of carbonyl (C=O) groups excluding carboxylic acids is 1. The van der Waals surface area contributed by atoms with Gasteiger partial charge in [-0.2, -0.15) is 0 Å². The van der Waals surface area contributed by atoms with Gasteiger partial charge < -0.3 is 15.4 Å². The summed E-state index contributed by atoms with van der Waals surface area (Å²) in [5.74, 6) is 0.134. The Morgan fingerprint density at radius 1 is 1.62 bits per heavy atom. The predicted molar refractivity (Wildman–Crippen MR) is 63.1 cm³/mol. The lowest BCUT2D eigenvalue weighted by atomic mass is 10.1. The molecule has 0 aromatic carbocycles. The number of ether oxygens (including phenoxy) is 1. The summed E-state index contributed by atoms with van der Waals surface area (Å²) in [5.41, 5.74) is 5.74. The number of amides is 1. The van der Waals surface area contributed by atoms with Crippen LogP contribution < -0.4 is 5.73 Å². The zero-order valence-electron chi connectivity index (χ0n) is 10.5. The van der Waals surface area contributed by atoms with E-state index in [-0.39, 0.29) is 18.1 Å². The Kier molecular flexibility index (Phi) is 5.18. The van der Waals surface area contributed by atoms with Crippen molar-refractivity contribution in [3.63, 3.8) is 0 Å². The highest BCUT2D eigenvalue weighted by molar-refractivity contribution is 5.76. The number of hydrogen-bond donors (Lipinski definition) is 1. The number of rotatable bonds is 4. The molecule has 0 spiro atoms. The quantitative estimate of drug-likeness (QED) is 0.707. The summed E-state index contributed by atoms with van der Waals surface area (Å²) >= 11 is 0. The molecular formula is C11H23N3O2. The summed E-state index contributed by atoms with van der Waals surface area (Å²) < 4.78 is 5.48. The molecule has 1 fully saturated rings. The smallest absolute Gasteiger partial charge is 0.223 e. The Morgan fingerprint density at radius 2 is 2.31 bits per heavy atom. The highest BCUT2D eigenvalue weighted by atomic mass is 16.5. The molecule has 0 radical (unpaired) electrons. The molecule has 1 aliphatic heterocycles. The monoisotopic (exact) mass is 229 g/mol. The van der Waals surface area contributed by atoms with Crippen LogP contribution in [0.4, 0.5) is 0 Å². The second-order valence-electron chi connectivity index (χ2n) is 4.56. The number of carbonyl (C=O) groups is 1. The van der Waals surface area contributed by atoms with Crippen LogP contribution in [-0.2, 0) is 9.53 Å². The first-order chi connectivity index (χ1) is 7.54. The Morgan fingerprint density at radius 3 is 2.81 bits per heavy atom. The van der Waals surface area contributed by atoms with Crippen molar-refractivity contribution in [2.24, 2.45) is 5.73 Å². The van der Waals surface area contributed by atoms with Gasteiger partial charge in [-0.3, -0.25) is 9.69 Å². The van der Waals surface area contributed by atoms with Gasteiger partial charge in [0.25, 0.3) is 0 Å². The maximum absolute atomic E-state index is 11.6. The summed E-state index contributed by atoms with van der Waals surface area (Å²) in [6, 6.07) is 0.140. The number of morpholine rings is 1. The molecule has 0 saturated carbocycles. The molecule has 5 heteroatoms. The predicted octanol–water partition coefficient (Wildman–Crippen LogP) is -0.487. The van der Waals surface area contributed by atoms with Crippen molar-refractivity contribution in [3.8, 4) is 0 Å². The Hall–Kier alpha value is -0.650. The van der Waals surface area contributed by atoms with Gasteiger partial charge in [-0.25, -0.2) is 0 Å². The van der Waals surface area contributed by atoms with E-state index >= 15 is 0 Å². The third kappa shape index (κ3) is 3.73. The van der Waals surface area contributed by atoms with Crippen molar-refractivity contribution in [2.75, 3.05) is 40.3 Å². The molecule has 0 bridgehead atoms. The normalized spacial score (nSPS) is 24.1. The molecule has 2 unspecified atom stereocenters. The summed E-state index contributed by atoms with van der Waals surface area (Å²) in [4.78, 5) is 15.5. The molecule has 1 saturated heterocycles. The lowest BCUT2D eigenvalue weighted by molar-refractivity contribution is -0.130. The first-order valence-corrected chi connectivity index (χ1v) is 5.80. The first kappa shape index (κ1) is 13.4. The average Bonchev–Trinajstić information content (AvgIpc) is 2.25. The topological polar surface area (TPSA) is 58.8 Å². The summed E-state index contributed by atoms with van der Waals surface area (Å²) in [5, 5.41) is 0. The summed E-state index contributed by atoms with van der Waals surface area (Å²) in [6.45, 7) is 5.03. The van der Waals surface area contributed by atoms with Gasteiger partial charge in [-0.1, -0.05) is 0 Å². The van der Waals surface area contributed by atoms with Crippen molar-refractivity contribution < 1.29 is 9.53 Å². The van der Waals surface area contributed by atoms with E-state index in [1.807, 2.05) is 6.92 Å². The molecule has 0 aromatic rings. The first-order valence-electron chi connectivity index (χ1n) is 5.80. The number of nitrogens with two attached hydrogens (primary N) is 1.